The zero-order valence-corrected chi connectivity index (χ0v) is 17.5. The molecule has 2 heterocycles. The molecule has 1 saturated carbocycles. The third-order valence-electron chi connectivity index (χ3n) is 5.82. The molecule has 1 N–H and O–H groups in total. The van der Waals surface area contributed by atoms with Gasteiger partial charge in [0.2, 0.25) is 0 Å². The van der Waals surface area contributed by atoms with E-state index in [2.05, 4.69) is 27.3 Å². The highest BCUT2D eigenvalue weighted by Gasteiger charge is 2.25. The van der Waals surface area contributed by atoms with Crippen LogP contribution in [-0.4, -0.2) is 61.0 Å². The molecule has 1 saturated heterocycles. The Morgan fingerprint density at radius 2 is 1.83 bits per heavy atom. The van der Waals surface area contributed by atoms with Crippen LogP contribution in [0.1, 0.15) is 41.8 Å². The number of nitrogens with one attached hydrogen (secondary N) is 1. The summed E-state index contributed by atoms with van der Waals surface area (Å²) >= 11 is 0. The number of guanidine groups is 1. The van der Waals surface area contributed by atoms with E-state index in [9.17, 15) is 4.79 Å². The van der Waals surface area contributed by atoms with Gasteiger partial charge in [-0.1, -0.05) is 18.2 Å². The zero-order valence-electron chi connectivity index (χ0n) is 17.5. The van der Waals surface area contributed by atoms with Crippen molar-refractivity contribution in [2.45, 2.75) is 38.3 Å². The Balaban J connectivity index is 1.31. The van der Waals surface area contributed by atoms with Gasteiger partial charge in [-0.25, -0.2) is 0 Å². The van der Waals surface area contributed by atoms with Crippen LogP contribution in [0.15, 0.2) is 52.1 Å². The van der Waals surface area contributed by atoms with Crippen molar-refractivity contribution in [3.05, 3.63) is 54.0 Å². The van der Waals surface area contributed by atoms with Crippen molar-refractivity contribution >= 4 is 11.9 Å². The molecular formula is C23H30N4O3. The van der Waals surface area contributed by atoms with Gasteiger partial charge < -0.3 is 24.3 Å². The Hall–Kier alpha value is -2.96. The fraction of sp³-hybridized carbons (Fsp3) is 0.478. The van der Waals surface area contributed by atoms with E-state index in [1.165, 1.54) is 19.1 Å². The molecule has 1 aliphatic carbocycles. The lowest BCUT2D eigenvalue weighted by atomic mass is 10.2. The molecule has 2 fully saturated rings. The second kappa shape index (κ2) is 9.69. The molecule has 1 aliphatic heterocycles. The molecule has 30 heavy (non-hydrogen) atoms. The quantitative estimate of drug-likeness (QED) is 0.606. The number of carbonyl (C=O) groups is 1. The molecule has 4 rings (SSSR count). The second-order valence-corrected chi connectivity index (χ2v) is 7.79. The van der Waals surface area contributed by atoms with E-state index in [-0.39, 0.29) is 5.91 Å². The summed E-state index contributed by atoms with van der Waals surface area (Å²) < 4.78 is 11.5. The van der Waals surface area contributed by atoms with E-state index < -0.39 is 0 Å². The predicted octanol–water partition coefficient (Wildman–Crippen LogP) is 3.13. The van der Waals surface area contributed by atoms with Crippen LogP contribution in [-0.2, 0) is 6.54 Å². The molecule has 0 radical (unpaired) electrons. The van der Waals surface area contributed by atoms with Crippen molar-refractivity contribution in [1.82, 2.24) is 15.1 Å². The monoisotopic (exact) mass is 410 g/mol. The standard InChI is InChI=1S/C23H30N4O3/c1-24-23(27-14-12-26(13-15-27)22(28)21-11-6-16-29-21)25-17-18-7-2-5-10-20(18)30-19-8-3-4-9-19/h2,5-7,10-11,16,19H,3-4,8-9,12-15,17H2,1H3,(H,24,25). The summed E-state index contributed by atoms with van der Waals surface area (Å²) in [7, 11) is 1.80. The van der Waals surface area contributed by atoms with E-state index in [0.29, 0.717) is 31.5 Å². The van der Waals surface area contributed by atoms with Gasteiger partial charge in [0.05, 0.1) is 12.4 Å². The second-order valence-electron chi connectivity index (χ2n) is 7.79. The van der Waals surface area contributed by atoms with E-state index >= 15 is 0 Å². The maximum absolute atomic E-state index is 12.5. The Kier molecular flexibility index (Phi) is 6.57. The number of piperazine rings is 1. The number of nitrogens with zero attached hydrogens (tertiary/aromatic N) is 3. The Morgan fingerprint density at radius 3 is 2.53 bits per heavy atom. The number of ether oxygens (including phenoxy) is 1. The maximum atomic E-state index is 12.5. The van der Waals surface area contributed by atoms with E-state index in [1.807, 2.05) is 17.0 Å². The number of para-hydroxylation sites is 1. The van der Waals surface area contributed by atoms with Crippen LogP contribution in [0.5, 0.6) is 5.75 Å². The summed E-state index contributed by atoms with van der Waals surface area (Å²) in [6, 6.07) is 11.7. The zero-order chi connectivity index (χ0) is 20.8. The van der Waals surface area contributed by atoms with Gasteiger partial charge in [-0.15, -0.1) is 0 Å². The minimum Gasteiger partial charge on any atom is -0.490 e. The van der Waals surface area contributed by atoms with Crippen LogP contribution in [0.4, 0.5) is 0 Å². The topological polar surface area (TPSA) is 70.3 Å². The predicted molar refractivity (Wildman–Crippen MR) is 116 cm³/mol. The van der Waals surface area contributed by atoms with E-state index in [1.54, 1.807) is 19.2 Å². The first kappa shape index (κ1) is 20.3. The van der Waals surface area contributed by atoms with E-state index in [0.717, 1.165) is 43.2 Å². The van der Waals surface area contributed by atoms with Gasteiger partial charge >= 0.3 is 0 Å². The molecule has 160 valence electrons. The average molecular weight is 411 g/mol. The van der Waals surface area contributed by atoms with E-state index in [4.69, 9.17) is 9.15 Å². The largest absolute Gasteiger partial charge is 0.490 e. The Morgan fingerprint density at radius 1 is 1.10 bits per heavy atom. The average Bonchev–Trinajstić information content (AvgIpc) is 3.50. The molecular weight excluding hydrogens is 380 g/mol. The summed E-state index contributed by atoms with van der Waals surface area (Å²) in [5.74, 6) is 2.14. The Bertz CT molecular complexity index is 851. The third-order valence-corrected chi connectivity index (χ3v) is 5.82. The molecule has 0 bridgehead atoms. The minimum absolute atomic E-state index is 0.0550. The molecule has 1 aromatic heterocycles. The number of rotatable bonds is 5. The molecule has 0 atom stereocenters. The van der Waals surface area contributed by atoms with Gasteiger partial charge in [-0.05, 0) is 43.9 Å². The van der Waals surface area contributed by atoms with Crippen molar-refractivity contribution in [2.75, 3.05) is 33.2 Å². The van der Waals surface area contributed by atoms with Gasteiger partial charge in [0, 0.05) is 45.3 Å². The van der Waals surface area contributed by atoms with Crippen LogP contribution >= 0.6 is 0 Å². The Labute approximate surface area is 177 Å². The highest BCUT2D eigenvalue weighted by molar-refractivity contribution is 5.91. The van der Waals surface area contributed by atoms with Crippen LogP contribution in [0.2, 0.25) is 0 Å². The SMILES string of the molecule is CN=C(NCc1ccccc1OC1CCCC1)N1CCN(C(=O)c2ccco2)CC1. The first-order chi connectivity index (χ1) is 14.7. The van der Waals surface area contributed by atoms with Crippen LogP contribution in [0.25, 0.3) is 0 Å². The number of amides is 1. The van der Waals surface area contributed by atoms with Crippen molar-refractivity contribution in [2.24, 2.45) is 4.99 Å². The molecule has 0 spiro atoms. The number of furan rings is 1. The number of hydrogen-bond donors (Lipinski definition) is 1. The van der Waals surface area contributed by atoms with Crippen molar-refractivity contribution < 1.29 is 13.9 Å². The summed E-state index contributed by atoms with van der Waals surface area (Å²) in [6.45, 7) is 3.39. The normalized spacial score (nSPS) is 18.0. The molecule has 0 unspecified atom stereocenters. The summed E-state index contributed by atoms with van der Waals surface area (Å²) in [6.07, 6.45) is 6.67. The number of carbonyl (C=O) groups excluding carboxylic acids is 1. The molecule has 2 aromatic rings. The van der Waals surface area contributed by atoms with Crippen LogP contribution in [0.3, 0.4) is 0 Å². The van der Waals surface area contributed by atoms with Crippen molar-refractivity contribution in [3.63, 3.8) is 0 Å². The molecule has 1 amide bonds. The number of aliphatic imine (C=N–C) groups is 1. The smallest absolute Gasteiger partial charge is 0.289 e. The lowest BCUT2D eigenvalue weighted by Gasteiger charge is -2.36. The highest BCUT2D eigenvalue weighted by Crippen LogP contribution is 2.26. The van der Waals surface area contributed by atoms with Gasteiger partial charge in [0.15, 0.2) is 11.7 Å². The van der Waals surface area contributed by atoms with Crippen molar-refractivity contribution in [1.29, 1.82) is 0 Å². The molecule has 7 heteroatoms. The van der Waals surface area contributed by atoms with Gasteiger partial charge in [0.1, 0.15) is 5.75 Å². The van der Waals surface area contributed by atoms with Crippen molar-refractivity contribution in [3.8, 4) is 5.75 Å². The number of hydrogen-bond acceptors (Lipinski definition) is 4. The van der Waals surface area contributed by atoms with Gasteiger partial charge in [-0.3, -0.25) is 9.79 Å². The van der Waals surface area contributed by atoms with Gasteiger partial charge in [-0.2, -0.15) is 0 Å². The molecule has 1 aromatic carbocycles. The number of benzene rings is 1. The summed E-state index contributed by atoms with van der Waals surface area (Å²) in [4.78, 5) is 20.9. The molecule has 7 nitrogen and oxygen atoms in total. The highest BCUT2D eigenvalue weighted by atomic mass is 16.5. The fourth-order valence-corrected chi connectivity index (χ4v) is 4.13. The van der Waals surface area contributed by atoms with Crippen LogP contribution in [0, 0.1) is 0 Å². The van der Waals surface area contributed by atoms with Crippen LogP contribution < -0.4 is 10.1 Å². The first-order valence-corrected chi connectivity index (χ1v) is 10.8. The summed E-state index contributed by atoms with van der Waals surface area (Å²) in [5, 5.41) is 3.47. The summed E-state index contributed by atoms with van der Waals surface area (Å²) in [5.41, 5.74) is 1.14. The fourth-order valence-electron chi connectivity index (χ4n) is 4.13. The minimum atomic E-state index is -0.0550. The van der Waals surface area contributed by atoms with Gasteiger partial charge in [0.25, 0.3) is 5.91 Å². The lowest BCUT2D eigenvalue weighted by Crippen LogP contribution is -2.53. The molecule has 2 aliphatic rings. The third kappa shape index (κ3) is 4.78. The first-order valence-electron chi connectivity index (χ1n) is 10.8. The maximum Gasteiger partial charge on any atom is 0.289 e. The lowest BCUT2D eigenvalue weighted by molar-refractivity contribution is 0.0657.